The number of unbranched alkanes of at least 4 members (excludes halogenated alkanes) is 1. The van der Waals surface area contributed by atoms with Crippen molar-refractivity contribution in [2.75, 3.05) is 13.6 Å². The number of fused-ring (bicyclic) bond motifs is 1. The monoisotopic (exact) mass is 838 g/mol. The lowest BCUT2D eigenvalue weighted by molar-refractivity contribution is -0.146. The summed E-state index contributed by atoms with van der Waals surface area (Å²) in [6, 6.07) is 14.2. The second kappa shape index (κ2) is 22.4. The summed E-state index contributed by atoms with van der Waals surface area (Å²) in [5.74, 6) is -5.18. The molecule has 0 aliphatic rings. The first-order chi connectivity index (χ1) is 29.0. The van der Waals surface area contributed by atoms with Crippen LogP contribution < -0.4 is 27.0 Å². The summed E-state index contributed by atoms with van der Waals surface area (Å²) in [6.45, 7) is 5.21. The van der Waals surface area contributed by atoms with Gasteiger partial charge in [-0.05, 0) is 74.9 Å². The van der Waals surface area contributed by atoms with Crippen molar-refractivity contribution in [1.29, 1.82) is 0 Å². The first-order valence-corrected chi connectivity index (χ1v) is 19.8. The van der Waals surface area contributed by atoms with Gasteiger partial charge in [0.1, 0.15) is 29.8 Å². The van der Waals surface area contributed by atoms with Crippen LogP contribution in [0.15, 0.2) is 91.4 Å². The SMILES string of the molecule is CN(C(=O)[C@H](CC(=O)O)NC(=O)[C@H](CCCCNC(=O)/C=C/c1cccnc1)NC(=O)[C@H](Cc1c[nH]c2ccccc12)NC(=O)OC(C)(C)C)[C@@H](Cc1ccccc1)C(N)=O. The zero-order chi connectivity index (χ0) is 44.5. The molecule has 0 saturated carbocycles. The molecule has 324 valence electrons. The largest absolute Gasteiger partial charge is 0.481 e. The molecule has 0 spiro atoms. The van der Waals surface area contributed by atoms with Crippen molar-refractivity contribution in [3.8, 4) is 0 Å². The minimum atomic E-state index is -1.67. The van der Waals surface area contributed by atoms with Gasteiger partial charge in [0.05, 0.1) is 6.42 Å². The average Bonchev–Trinajstić information content (AvgIpc) is 3.62. The number of nitrogens with two attached hydrogens (primary N) is 1. The molecule has 4 aromatic rings. The second-order valence-corrected chi connectivity index (χ2v) is 15.4. The van der Waals surface area contributed by atoms with Crippen LogP contribution in [0.2, 0.25) is 0 Å². The number of primary amides is 1. The van der Waals surface area contributed by atoms with Crippen LogP contribution >= 0.6 is 0 Å². The number of aromatic amines is 1. The number of aliphatic carboxylic acids is 1. The third-order valence-corrected chi connectivity index (χ3v) is 9.48. The summed E-state index contributed by atoms with van der Waals surface area (Å²) in [7, 11) is 1.29. The number of benzene rings is 2. The van der Waals surface area contributed by atoms with Crippen molar-refractivity contribution < 1.29 is 43.4 Å². The van der Waals surface area contributed by atoms with Gasteiger partial charge < -0.3 is 46.7 Å². The molecule has 17 nitrogen and oxygen atoms in total. The Morgan fingerprint density at radius 3 is 2.23 bits per heavy atom. The molecule has 2 aromatic heterocycles. The minimum absolute atomic E-state index is 0.0110. The number of hydrogen-bond acceptors (Lipinski definition) is 9. The first-order valence-electron chi connectivity index (χ1n) is 19.8. The number of carboxylic acid groups (broad SMARTS) is 1. The molecule has 2 heterocycles. The van der Waals surface area contributed by atoms with Crippen molar-refractivity contribution in [2.24, 2.45) is 5.73 Å². The molecule has 4 atom stereocenters. The van der Waals surface area contributed by atoms with Gasteiger partial charge in [-0.2, -0.15) is 0 Å². The number of nitrogens with one attached hydrogen (secondary N) is 5. The van der Waals surface area contributed by atoms with Gasteiger partial charge in [0.2, 0.25) is 29.5 Å². The maximum Gasteiger partial charge on any atom is 0.408 e. The Morgan fingerprint density at radius 2 is 1.56 bits per heavy atom. The minimum Gasteiger partial charge on any atom is -0.481 e. The van der Waals surface area contributed by atoms with Crippen molar-refractivity contribution in [3.63, 3.8) is 0 Å². The van der Waals surface area contributed by atoms with Crippen LogP contribution in [0.5, 0.6) is 0 Å². The lowest BCUT2D eigenvalue weighted by Crippen LogP contribution is -2.59. The van der Waals surface area contributed by atoms with Crippen molar-refractivity contribution >= 4 is 58.6 Å². The number of para-hydroxylation sites is 1. The normalized spacial score (nSPS) is 13.3. The summed E-state index contributed by atoms with van der Waals surface area (Å²) in [4.78, 5) is 100. The summed E-state index contributed by atoms with van der Waals surface area (Å²) in [5, 5.41) is 21.2. The summed E-state index contributed by atoms with van der Waals surface area (Å²) in [6.07, 6.45) is 6.80. The number of carboxylic acids is 1. The van der Waals surface area contributed by atoms with E-state index >= 15 is 0 Å². The van der Waals surface area contributed by atoms with E-state index in [1.165, 1.54) is 13.1 Å². The van der Waals surface area contributed by atoms with Gasteiger partial charge in [-0.25, -0.2) is 4.79 Å². The lowest BCUT2D eigenvalue weighted by Gasteiger charge is -2.30. The van der Waals surface area contributed by atoms with Crippen LogP contribution in [0.3, 0.4) is 0 Å². The van der Waals surface area contributed by atoms with E-state index < -0.39 is 71.9 Å². The number of H-pyrrole nitrogens is 1. The molecule has 17 heteroatoms. The predicted octanol–water partition coefficient (Wildman–Crippen LogP) is 3.00. The Labute approximate surface area is 353 Å². The molecule has 0 bridgehead atoms. The number of amides is 6. The molecular weight excluding hydrogens is 785 g/mol. The average molecular weight is 839 g/mol. The molecule has 0 radical (unpaired) electrons. The summed E-state index contributed by atoms with van der Waals surface area (Å²) in [5.41, 5.74) is 7.71. The molecule has 0 saturated heterocycles. The molecule has 0 aliphatic heterocycles. The highest BCUT2D eigenvalue weighted by molar-refractivity contribution is 5.97. The van der Waals surface area contributed by atoms with E-state index in [2.05, 4.69) is 31.2 Å². The number of rotatable bonds is 21. The number of carbonyl (C=O) groups is 7. The Bertz CT molecular complexity index is 2170. The van der Waals surface area contributed by atoms with Gasteiger partial charge in [0, 0.05) is 62.0 Å². The topological polar surface area (TPSA) is 255 Å². The molecule has 6 amide bonds. The highest BCUT2D eigenvalue weighted by Crippen LogP contribution is 2.20. The van der Waals surface area contributed by atoms with Crippen LogP contribution in [-0.4, -0.2) is 105 Å². The Kier molecular flexibility index (Phi) is 17.1. The Balaban J connectivity index is 1.56. The van der Waals surface area contributed by atoms with E-state index in [0.717, 1.165) is 21.4 Å². The van der Waals surface area contributed by atoms with E-state index in [9.17, 15) is 38.7 Å². The third-order valence-electron chi connectivity index (χ3n) is 9.48. The fourth-order valence-corrected chi connectivity index (χ4v) is 6.42. The number of alkyl carbamates (subject to hydrolysis) is 1. The fourth-order valence-electron chi connectivity index (χ4n) is 6.42. The van der Waals surface area contributed by atoms with Crippen LogP contribution in [0.25, 0.3) is 17.0 Å². The van der Waals surface area contributed by atoms with Crippen LogP contribution in [0, 0.1) is 0 Å². The number of nitrogens with zero attached hydrogens (tertiary/aromatic N) is 2. The molecule has 2 aromatic carbocycles. The van der Waals surface area contributed by atoms with Gasteiger partial charge in [0.25, 0.3) is 0 Å². The number of ether oxygens (including phenoxy) is 1. The third kappa shape index (κ3) is 15.3. The standard InChI is InChI=1S/C44H54N8O9/c1-44(2,3)61-43(60)51-34(24-30-27-48-32-17-9-8-16-31(30)32)41(58)49-33(18-10-11-22-47-37(53)20-19-29-15-12-21-46-26-29)40(57)50-35(25-38(54)55)42(59)52(4)36(39(45)56)23-28-13-6-5-7-14-28/h5-9,12-17,19-21,26-27,33-36,48H,10-11,18,22-25H2,1-4H3,(H2,45,56)(H,47,53)(H,49,58)(H,50,57)(H,51,60)(H,54,55)/b20-19+/t33-,34-,35-,36-/m0/s1. The van der Waals surface area contributed by atoms with Crippen molar-refractivity contribution in [3.05, 3.63) is 108 Å². The van der Waals surface area contributed by atoms with Crippen molar-refractivity contribution in [1.82, 2.24) is 36.1 Å². The van der Waals surface area contributed by atoms with Gasteiger partial charge in [-0.15, -0.1) is 0 Å². The number of pyridine rings is 1. The number of hydrogen-bond donors (Lipinski definition) is 7. The van der Waals surface area contributed by atoms with Gasteiger partial charge in [-0.1, -0.05) is 54.6 Å². The first kappa shape index (κ1) is 46.6. The van der Waals surface area contributed by atoms with Gasteiger partial charge in [0.15, 0.2) is 0 Å². The summed E-state index contributed by atoms with van der Waals surface area (Å²) < 4.78 is 5.45. The van der Waals surface area contributed by atoms with Crippen molar-refractivity contribution in [2.45, 2.75) is 89.1 Å². The molecule has 61 heavy (non-hydrogen) atoms. The van der Waals surface area contributed by atoms with E-state index in [0.29, 0.717) is 17.5 Å². The summed E-state index contributed by atoms with van der Waals surface area (Å²) >= 11 is 0. The maximum absolute atomic E-state index is 14.2. The smallest absolute Gasteiger partial charge is 0.408 e. The van der Waals surface area contributed by atoms with Crippen LogP contribution in [0.1, 0.15) is 63.1 Å². The van der Waals surface area contributed by atoms with E-state index in [4.69, 9.17) is 10.5 Å². The number of likely N-dealkylation sites (N-methyl/N-ethyl adjacent to an activating group) is 1. The van der Waals surface area contributed by atoms with Crippen LogP contribution in [-0.2, 0) is 46.3 Å². The van der Waals surface area contributed by atoms with Gasteiger partial charge >= 0.3 is 12.1 Å². The van der Waals surface area contributed by atoms with E-state index in [1.54, 1.807) is 87.9 Å². The molecule has 0 aliphatic carbocycles. The highest BCUT2D eigenvalue weighted by atomic mass is 16.6. The zero-order valence-electron chi connectivity index (χ0n) is 34.7. The zero-order valence-corrected chi connectivity index (χ0v) is 34.7. The molecule has 4 rings (SSSR count). The quantitative estimate of drug-likeness (QED) is 0.0477. The second-order valence-electron chi connectivity index (χ2n) is 15.4. The molecule has 0 fully saturated rings. The molecule has 0 unspecified atom stereocenters. The van der Waals surface area contributed by atoms with Crippen LogP contribution in [0.4, 0.5) is 4.79 Å². The number of carbonyl (C=O) groups excluding carboxylic acids is 6. The molecular formula is C44H54N8O9. The Hall–Kier alpha value is -7.04. The van der Waals surface area contributed by atoms with Gasteiger partial charge in [-0.3, -0.25) is 33.8 Å². The van der Waals surface area contributed by atoms with E-state index in [1.807, 2.05) is 24.3 Å². The fraction of sp³-hybridized carbons (Fsp3) is 0.364. The number of aromatic nitrogens is 2. The lowest BCUT2D eigenvalue weighted by atomic mass is 10.0. The van der Waals surface area contributed by atoms with E-state index in [-0.39, 0.29) is 38.1 Å². The highest BCUT2D eigenvalue weighted by Gasteiger charge is 2.35. The maximum atomic E-state index is 14.2. The predicted molar refractivity (Wildman–Crippen MR) is 227 cm³/mol. The Morgan fingerprint density at radius 1 is 0.869 bits per heavy atom. The molecule has 8 N–H and O–H groups in total.